The Morgan fingerprint density at radius 1 is 1.10 bits per heavy atom. The Morgan fingerprint density at radius 3 is 2.83 bits per heavy atom. The summed E-state index contributed by atoms with van der Waals surface area (Å²) in [6, 6.07) is 15.9. The molecule has 1 saturated carbocycles. The van der Waals surface area contributed by atoms with Gasteiger partial charge in [-0.2, -0.15) is 0 Å². The zero-order chi connectivity index (χ0) is 19.8. The van der Waals surface area contributed by atoms with E-state index in [1.807, 2.05) is 65.3 Å². The lowest BCUT2D eigenvalue weighted by Gasteiger charge is -2.35. The lowest BCUT2D eigenvalue weighted by atomic mass is 9.71. The first-order valence-corrected chi connectivity index (χ1v) is 9.94. The summed E-state index contributed by atoms with van der Waals surface area (Å²) in [5.74, 6) is 0.259. The van der Waals surface area contributed by atoms with Crippen LogP contribution in [0.5, 0.6) is 0 Å². The van der Waals surface area contributed by atoms with Gasteiger partial charge in [-0.1, -0.05) is 12.1 Å². The van der Waals surface area contributed by atoms with Gasteiger partial charge in [0.15, 0.2) is 0 Å². The number of aromatic nitrogens is 3. The summed E-state index contributed by atoms with van der Waals surface area (Å²) >= 11 is 0. The summed E-state index contributed by atoms with van der Waals surface area (Å²) < 4.78 is 2.01. The zero-order valence-corrected chi connectivity index (χ0v) is 16.2. The quantitative estimate of drug-likeness (QED) is 0.550. The van der Waals surface area contributed by atoms with E-state index in [2.05, 4.69) is 28.4 Å². The lowest BCUT2D eigenvalue weighted by molar-refractivity contribution is -0.123. The van der Waals surface area contributed by atoms with E-state index in [0.717, 1.165) is 46.6 Å². The van der Waals surface area contributed by atoms with Crippen molar-refractivity contribution in [3.8, 4) is 11.1 Å². The van der Waals surface area contributed by atoms with E-state index in [1.54, 1.807) is 6.20 Å². The molecule has 1 aliphatic carbocycles. The number of fused-ring (bicyclic) bond motifs is 1. The first kappa shape index (κ1) is 17.6. The molecule has 1 aromatic carbocycles. The van der Waals surface area contributed by atoms with E-state index in [1.165, 1.54) is 0 Å². The number of nitrogens with one attached hydrogen (secondary N) is 1. The molecular formula is C24H22N4O. The van der Waals surface area contributed by atoms with Gasteiger partial charge in [0.1, 0.15) is 5.65 Å². The minimum atomic E-state index is -0.0208. The van der Waals surface area contributed by atoms with Crippen molar-refractivity contribution >= 4 is 17.2 Å². The van der Waals surface area contributed by atoms with Crippen LogP contribution in [-0.4, -0.2) is 20.3 Å². The molecule has 1 N–H and O–H groups in total. The number of hydrogen-bond acceptors (Lipinski definition) is 3. The number of amides is 1. The Morgan fingerprint density at radius 2 is 2.03 bits per heavy atom. The molecule has 0 radical (unpaired) electrons. The molecule has 0 bridgehead atoms. The predicted octanol–water partition coefficient (Wildman–Crippen LogP) is 4.84. The molecule has 5 nitrogen and oxygen atoms in total. The maximum Gasteiger partial charge on any atom is 0.228 e. The smallest absolute Gasteiger partial charge is 0.228 e. The van der Waals surface area contributed by atoms with Crippen molar-refractivity contribution in [1.29, 1.82) is 0 Å². The Bertz CT molecular complexity index is 1180. The van der Waals surface area contributed by atoms with Crippen LogP contribution in [0.25, 0.3) is 16.8 Å². The van der Waals surface area contributed by atoms with Gasteiger partial charge in [0.05, 0.1) is 0 Å². The van der Waals surface area contributed by atoms with E-state index >= 15 is 0 Å². The topological polar surface area (TPSA) is 59.3 Å². The molecule has 0 unspecified atom stereocenters. The summed E-state index contributed by atoms with van der Waals surface area (Å²) in [6.45, 7) is 2.07. The highest BCUT2D eigenvalue weighted by Gasteiger charge is 2.38. The first-order valence-electron chi connectivity index (χ1n) is 9.94. The number of rotatable bonds is 4. The second-order valence-electron chi connectivity index (χ2n) is 7.68. The molecule has 0 aliphatic heterocycles. The molecule has 1 aliphatic rings. The fraction of sp³-hybridized carbons (Fsp3) is 0.208. The van der Waals surface area contributed by atoms with Gasteiger partial charge in [-0.25, -0.2) is 4.98 Å². The summed E-state index contributed by atoms with van der Waals surface area (Å²) in [5, 5.41) is 3.12. The molecule has 5 heteroatoms. The van der Waals surface area contributed by atoms with E-state index in [9.17, 15) is 4.79 Å². The molecule has 29 heavy (non-hydrogen) atoms. The minimum Gasteiger partial charge on any atom is -0.326 e. The van der Waals surface area contributed by atoms with Crippen LogP contribution in [-0.2, 0) is 4.79 Å². The van der Waals surface area contributed by atoms with E-state index in [-0.39, 0.29) is 17.7 Å². The molecule has 2 atom stereocenters. The Labute approximate surface area is 169 Å². The van der Waals surface area contributed by atoms with Crippen LogP contribution in [0.2, 0.25) is 0 Å². The SMILES string of the molecule is Cc1ccc(NC(=O)[C@H]2CC[C@H]2c2ccccn2)cc1-c1cnc2cccn2c1. The molecule has 0 saturated heterocycles. The molecular weight excluding hydrogens is 360 g/mol. The minimum absolute atomic E-state index is 0.0208. The molecule has 144 valence electrons. The van der Waals surface area contributed by atoms with Gasteiger partial charge in [-0.3, -0.25) is 9.78 Å². The van der Waals surface area contributed by atoms with E-state index < -0.39 is 0 Å². The standard InChI is InChI=1S/C24H22N4O/c1-16-7-8-18(13-21(16)17-14-26-23-6-4-12-28(23)15-17)27-24(29)20-10-9-19(20)22-5-2-3-11-25-22/h2-8,11-15,19-20H,9-10H2,1H3,(H,27,29)/t19-,20+/m1/s1. The van der Waals surface area contributed by atoms with Crippen LogP contribution in [0.4, 0.5) is 5.69 Å². The fourth-order valence-corrected chi connectivity index (χ4v) is 4.07. The Kier molecular flexibility index (Phi) is 4.35. The molecule has 3 aromatic heterocycles. The average molecular weight is 382 g/mol. The summed E-state index contributed by atoms with van der Waals surface area (Å²) in [4.78, 5) is 21.8. The van der Waals surface area contributed by atoms with Crippen LogP contribution in [0.3, 0.4) is 0 Å². The molecule has 0 spiro atoms. The van der Waals surface area contributed by atoms with Gasteiger partial charge in [-0.15, -0.1) is 0 Å². The number of carbonyl (C=O) groups excluding carboxylic acids is 1. The normalized spacial score (nSPS) is 18.4. The maximum atomic E-state index is 12.9. The van der Waals surface area contributed by atoms with Gasteiger partial charge in [0.2, 0.25) is 5.91 Å². The molecule has 4 aromatic rings. The van der Waals surface area contributed by atoms with Gasteiger partial charge < -0.3 is 9.72 Å². The number of hydrogen-bond donors (Lipinski definition) is 1. The predicted molar refractivity (Wildman–Crippen MR) is 114 cm³/mol. The van der Waals surface area contributed by atoms with E-state index in [4.69, 9.17) is 0 Å². The second-order valence-corrected chi connectivity index (χ2v) is 7.68. The Balaban J connectivity index is 1.38. The Hall–Kier alpha value is -3.47. The number of benzene rings is 1. The highest BCUT2D eigenvalue weighted by molar-refractivity contribution is 5.94. The van der Waals surface area contributed by atoms with Crippen molar-refractivity contribution in [1.82, 2.24) is 14.4 Å². The molecule has 1 amide bonds. The largest absolute Gasteiger partial charge is 0.326 e. The molecule has 5 rings (SSSR count). The summed E-state index contributed by atoms with van der Waals surface area (Å²) in [6.07, 6.45) is 9.65. The van der Waals surface area contributed by atoms with Gasteiger partial charge in [-0.05, 0) is 67.3 Å². The third kappa shape index (κ3) is 3.29. The van der Waals surface area contributed by atoms with Gasteiger partial charge in [0, 0.05) is 53.6 Å². The third-order valence-corrected chi connectivity index (χ3v) is 5.87. The first-order chi connectivity index (χ1) is 14.2. The van der Waals surface area contributed by atoms with E-state index in [0.29, 0.717) is 0 Å². The van der Waals surface area contributed by atoms with Crippen LogP contribution in [0.15, 0.2) is 73.3 Å². The monoisotopic (exact) mass is 382 g/mol. The number of carbonyl (C=O) groups is 1. The highest BCUT2D eigenvalue weighted by Crippen LogP contribution is 2.42. The maximum absolute atomic E-state index is 12.9. The summed E-state index contributed by atoms with van der Waals surface area (Å²) in [7, 11) is 0. The third-order valence-electron chi connectivity index (χ3n) is 5.87. The fourth-order valence-electron chi connectivity index (χ4n) is 4.07. The number of nitrogens with zero attached hydrogens (tertiary/aromatic N) is 3. The zero-order valence-electron chi connectivity index (χ0n) is 16.2. The average Bonchev–Trinajstić information content (AvgIpc) is 3.17. The van der Waals surface area contributed by atoms with Crippen molar-refractivity contribution in [2.75, 3.05) is 5.32 Å². The molecule has 3 heterocycles. The van der Waals surface area contributed by atoms with Crippen molar-refractivity contribution < 1.29 is 4.79 Å². The summed E-state index contributed by atoms with van der Waals surface area (Å²) in [5.41, 5.74) is 5.98. The van der Waals surface area contributed by atoms with Crippen LogP contribution in [0.1, 0.15) is 30.0 Å². The van der Waals surface area contributed by atoms with Crippen molar-refractivity contribution in [2.45, 2.75) is 25.7 Å². The molecule has 1 fully saturated rings. The van der Waals surface area contributed by atoms with Crippen LogP contribution < -0.4 is 5.32 Å². The number of pyridine rings is 1. The lowest BCUT2D eigenvalue weighted by Crippen LogP contribution is -2.35. The van der Waals surface area contributed by atoms with Crippen LogP contribution in [0, 0.1) is 12.8 Å². The van der Waals surface area contributed by atoms with Crippen molar-refractivity contribution in [2.24, 2.45) is 5.92 Å². The van der Waals surface area contributed by atoms with Crippen molar-refractivity contribution in [3.05, 3.63) is 84.6 Å². The number of anilines is 1. The number of aryl methyl sites for hydroxylation is 1. The highest BCUT2D eigenvalue weighted by atomic mass is 16.1. The van der Waals surface area contributed by atoms with Crippen molar-refractivity contribution in [3.63, 3.8) is 0 Å². The van der Waals surface area contributed by atoms with Crippen LogP contribution >= 0.6 is 0 Å². The van der Waals surface area contributed by atoms with Gasteiger partial charge in [0.25, 0.3) is 0 Å². The second kappa shape index (κ2) is 7.17. The van der Waals surface area contributed by atoms with Gasteiger partial charge >= 0.3 is 0 Å².